The van der Waals surface area contributed by atoms with Gasteiger partial charge < -0.3 is 14.7 Å². The first-order chi connectivity index (χ1) is 9.52. The third-order valence-electron chi connectivity index (χ3n) is 3.58. The van der Waals surface area contributed by atoms with Crippen LogP contribution in [0.25, 0.3) is 0 Å². The summed E-state index contributed by atoms with van der Waals surface area (Å²) in [5, 5.41) is 8.87. The minimum absolute atomic E-state index is 0.0278. The largest absolute Gasteiger partial charge is 0.478 e. The van der Waals surface area contributed by atoms with Crippen molar-refractivity contribution in [2.45, 2.75) is 32.4 Å². The number of carboxylic acid groups (broad SMARTS) is 1. The zero-order valence-corrected chi connectivity index (χ0v) is 11.7. The molecule has 0 spiro atoms. The third kappa shape index (κ3) is 2.99. The Morgan fingerprint density at radius 2 is 1.90 bits per heavy atom. The molecule has 0 aliphatic carbocycles. The van der Waals surface area contributed by atoms with Gasteiger partial charge in [0.05, 0.1) is 24.3 Å². The van der Waals surface area contributed by atoms with Crippen molar-refractivity contribution in [1.29, 1.82) is 0 Å². The number of carbonyl (C=O) groups excluding carboxylic acids is 1. The molecule has 0 aromatic heterocycles. The normalized spacial score (nSPS) is 22.6. The van der Waals surface area contributed by atoms with Crippen LogP contribution >= 0.6 is 0 Å². The molecule has 20 heavy (non-hydrogen) atoms. The zero-order chi connectivity index (χ0) is 14.7. The van der Waals surface area contributed by atoms with Gasteiger partial charge >= 0.3 is 5.97 Å². The van der Waals surface area contributed by atoms with Crippen molar-refractivity contribution in [2.75, 3.05) is 13.2 Å². The Balaban J connectivity index is 2.18. The molecule has 2 unspecified atom stereocenters. The lowest BCUT2D eigenvalue weighted by Gasteiger charge is -2.38. The van der Waals surface area contributed by atoms with Crippen LogP contribution in [0.3, 0.4) is 0 Å². The van der Waals surface area contributed by atoms with Crippen LogP contribution in [0.2, 0.25) is 0 Å². The lowest BCUT2D eigenvalue weighted by Crippen LogP contribution is -2.51. The van der Waals surface area contributed by atoms with Crippen molar-refractivity contribution >= 4 is 11.9 Å². The van der Waals surface area contributed by atoms with Gasteiger partial charge in [-0.05, 0) is 37.6 Å². The number of benzene rings is 1. The third-order valence-corrected chi connectivity index (χ3v) is 3.58. The molecule has 1 aliphatic rings. The molecule has 5 nitrogen and oxygen atoms in total. The highest BCUT2D eigenvalue weighted by Crippen LogP contribution is 2.18. The lowest BCUT2D eigenvalue weighted by molar-refractivity contribution is -0.0444. The average Bonchev–Trinajstić information content (AvgIpc) is 2.46. The van der Waals surface area contributed by atoms with E-state index < -0.39 is 5.97 Å². The van der Waals surface area contributed by atoms with Crippen LogP contribution in [0, 0.1) is 0 Å². The van der Waals surface area contributed by atoms with Gasteiger partial charge in [-0.15, -0.1) is 0 Å². The predicted molar refractivity (Wildman–Crippen MR) is 73.9 cm³/mol. The fourth-order valence-electron chi connectivity index (χ4n) is 2.35. The zero-order valence-electron chi connectivity index (χ0n) is 11.7. The molecule has 1 fully saturated rings. The van der Waals surface area contributed by atoms with E-state index >= 15 is 0 Å². The number of amides is 1. The molecule has 0 radical (unpaired) electrons. The molecule has 1 aromatic carbocycles. The van der Waals surface area contributed by atoms with E-state index in [1.54, 1.807) is 12.1 Å². The minimum Gasteiger partial charge on any atom is -0.478 e. The molecule has 1 amide bonds. The quantitative estimate of drug-likeness (QED) is 0.918. The molecule has 2 rings (SSSR count). The average molecular weight is 277 g/mol. The van der Waals surface area contributed by atoms with Crippen LogP contribution in [0.15, 0.2) is 24.3 Å². The summed E-state index contributed by atoms with van der Waals surface area (Å²) >= 11 is 0. The Labute approximate surface area is 118 Å². The van der Waals surface area contributed by atoms with Crippen LogP contribution in [0.1, 0.15) is 41.0 Å². The molecule has 1 saturated heterocycles. The van der Waals surface area contributed by atoms with Crippen LogP contribution in [-0.4, -0.2) is 47.2 Å². The summed E-state index contributed by atoms with van der Waals surface area (Å²) in [6.45, 7) is 5.09. The summed E-state index contributed by atoms with van der Waals surface area (Å²) in [6, 6.07) is 6.13. The number of hydrogen-bond donors (Lipinski definition) is 1. The first-order valence-electron chi connectivity index (χ1n) is 6.78. The number of rotatable bonds is 3. The number of morpholine rings is 1. The first kappa shape index (κ1) is 14.5. The Morgan fingerprint density at radius 3 is 2.45 bits per heavy atom. The fraction of sp³-hybridized carbons (Fsp3) is 0.467. The van der Waals surface area contributed by atoms with E-state index in [1.165, 1.54) is 12.1 Å². The molecule has 5 heteroatoms. The molecule has 0 saturated carbocycles. The van der Waals surface area contributed by atoms with Gasteiger partial charge in [0.1, 0.15) is 0 Å². The lowest BCUT2D eigenvalue weighted by atomic mass is 10.1. The minimum atomic E-state index is -0.990. The van der Waals surface area contributed by atoms with E-state index in [4.69, 9.17) is 9.84 Å². The maximum atomic E-state index is 12.5. The number of nitrogens with zero attached hydrogens (tertiary/aromatic N) is 1. The smallest absolute Gasteiger partial charge is 0.335 e. The summed E-state index contributed by atoms with van der Waals surface area (Å²) in [5.74, 6) is -1.06. The maximum absolute atomic E-state index is 12.5. The number of hydrogen-bond acceptors (Lipinski definition) is 3. The highest BCUT2D eigenvalue weighted by Gasteiger charge is 2.29. The van der Waals surface area contributed by atoms with E-state index in [0.717, 1.165) is 6.42 Å². The van der Waals surface area contributed by atoms with E-state index in [0.29, 0.717) is 18.7 Å². The number of carbonyl (C=O) groups is 2. The van der Waals surface area contributed by atoms with Crippen molar-refractivity contribution in [3.63, 3.8) is 0 Å². The second-order valence-corrected chi connectivity index (χ2v) is 5.05. The van der Waals surface area contributed by atoms with Gasteiger partial charge in [0.15, 0.2) is 0 Å². The fourth-order valence-corrected chi connectivity index (χ4v) is 2.35. The van der Waals surface area contributed by atoms with Gasteiger partial charge in [0.25, 0.3) is 5.91 Å². The van der Waals surface area contributed by atoms with Crippen molar-refractivity contribution in [1.82, 2.24) is 4.90 Å². The van der Waals surface area contributed by atoms with Gasteiger partial charge in [0, 0.05) is 12.1 Å². The van der Waals surface area contributed by atoms with Crippen molar-refractivity contribution in [3.05, 3.63) is 35.4 Å². The summed E-state index contributed by atoms with van der Waals surface area (Å²) in [7, 11) is 0. The van der Waals surface area contributed by atoms with Gasteiger partial charge in [-0.25, -0.2) is 4.79 Å². The number of ether oxygens (including phenoxy) is 1. The summed E-state index contributed by atoms with van der Waals surface area (Å²) in [6.07, 6.45) is 0.867. The van der Waals surface area contributed by atoms with Crippen molar-refractivity contribution in [3.8, 4) is 0 Å². The molecular formula is C15H19NO4. The van der Waals surface area contributed by atoms with Crippen molar-refractivity contribution < 1.29 is 19.4 Å². The van der Waals surface area contributed by atoms with E-state index in [-0.39, 0.29) is 23.6 Å². The monoisotopic (exact) mass is 277 g/mol. The topological polar surface area (TPSA) is 66.8 Å². The maximum Gasteiger partial charge on any atom is 0.335 e. The van der Waals surface area contributed by atoms with E-state index in [1.807, 2.05) is 18.7 Å². The summed E-state index contributed by atoms with van der Waals surface area (Å²) < 4.78 is 5.58. The highest BCUT2D eigenvalue weighted by atomic mass is 16.5. The van der Waals surface area contributed by atoms with Crippen LogP contribution in [0.5, 0.6) is 0 Å². The first-order valence-corrected chi connectivity index (χ1v) is 6.78. The van der Waals surface area contributed by atoms with Crippen LogP contribution in [0.4, 0.5) is 0 Å². The summed E-state index contributed by atoms with van der Waals surface area (Å²) in [4.78, 5) is 25.2. The Morgan fingerprint density at radius 1 is 1.30 bits per heavy atom. The Bertz CT molecular complexity index is 497. The SMILES string of the molecule is CCC1COC(C)CN1C(=O)c1ccc(C(=O)O)cc1. The molecule has 1 heterocycles. The van der Waals surface area contributed by atoms with E-state index in [9.17, 15) is 9.59 Å². The number of aromatic carboxylic acids is 1. The van der Waals surface area contributed by atoms with Gasteiger partial charge in [-0.2, -0.15) is 0 Å². The van der Waals surface area contributed by atoms with Gasteiger partial charge in [0.2, 0.25) is 0 Å². The second kappa shape index (κ2) is 6.05. The van der Waals surface area contributed by atoms with Crippen LogP contribution in [-0.2, 0) is 4.74 Å². The molecular weight excluding hydrogens is 258 g/mol. The molecule has 1 N–H and O–H groups in total. The standard InChI is InChI=1S/C15H19NO4/c1-3-13-9-20-10(2)8-16(13)14(17)11-4-6-12(7-5-11)15(18)19/h4-7,10,13H,3,8-9H2,1-2H3,(H,18,19). The van der Waals surface area contributed by atoms with Crippen LogP contribution < -0.4 is 0 Å². The Hall–Kier alpha value is -1.88. The summed E-state index contributed by atoms with van der Waals surface area (Å²) in [5.41, 5.74) is 0.700. The van der Waals surface area contributed by atoms with Gasteiger partial charge in [-0.1, -0.05) is 6.92 Å². The Kier molecular flexibility index (Phi) is 4.39. The molecule has 0 bridgehead atoms. The molecule has 1 aromatic rings. The molecule has 2 atom stereocenters. The predicted octanol–water partition coefficient (Wildman–Crippen LogP) is 2.02. The van der Waals surface area contributed by atoms with Gasteiger partial charge in [-0.3, -0.25) is 4.79 Å². The number of carboxylic acids is 1. The second-order valence-electron chi connectivity index (χ2n) is 5.05. The highest BCUT2D eigenvalue weighted by molar-refractivity contribution is 5.96. The molecule has 1 aliphatic heterocycles. The molecule has 108 valence electrons. The van der Waals surface area contributed by atoms with Crippen molar-refractivity contribution in [2.24, 2.45) is 0 Å². The van der Waals surface area contributed by atoms with E-state index in [2.05, 4.69) is 0 Å².